The number of carbonyl (C=O) groups is 3. The van der Waals surface area contributed by atoms with E-state index in [2.05, 4.69) is 10.9 Å². The molecule has 2 aromatic rings. The molecule has 2 amide bonds. The standard InChI is InChI=1S/C19H17ClN2O5/c1-26-16-9-2-13(3-10-16)4-11-18(24)27-12-17(23)21-22-19(25)14-5-7-15(20)8-6-14/h2-11H,12H2,1H3,(H,21,23)(H,22,25)/b11-4+. The quantitative estimate of drug-likeness (QED) is 0.450. The molecule has 0 fully saturated rings. The highest BCUT2D eigenvalue weighted by Crippen LogP contribution is 2.12. The van der Waals surface area contributed by atoms with Crippen molar-refractivity contribution in [2.24, 2.45) is 0 Å². The van der Waals surface area contributed by atoms with Crippen LogP contribution in [0.4, 0.5) is 0 Å². The van der Waals surface area contributed by atoms with Crippen LogP contribution in [0.1, 0.15) is 15.9 Å². The molecule has 0 aliphatic rings. The summed E-state index contributed by atoms with van der Waals surface area (Å²) in [5.41, 5.74) is 5.45. The molecule has 0 aliphatic carbocycles. The van der Waals surface area contributed by atoms with Gasteiger partial charge in [-0.05, 0) is 48.0 Å². The van der Waals surface area contributed by atoms with Gasteiger partial charge in [-0.2, -0.15) is 0 Å². The predicted octanol–water partition coefficient (Wildman–Crippen LogP) is 2.37. The molecule has 0 saturated carbocycles. The van der Waals surface area contributed by atoms with Crippen molar-refractivity contribution in [2.75, 3.05) is 13.7 Å². The third-order valence-corrected chi connectivity index (χ3v) is 3.55. The van der Waals surface area contributed by atoms with Crippen LogP contribution in [0.2, 0.25) is 5.02 Å². The second-order valence-electron chi connectivity index (χ2n) is 5.22. The lowest BCUT2D eigenvalue weighted by atomic mass is 10.2. The van der Waals surface area contributed by atoms with Crippen molar-refractivity contribution in [2.45, 2.75) is 0 Å². The normalized spacial score (nSPS) is 10.3. The Kier molecular flexibility index (Phi) is 7.39. The topological polar surface area (TPSA) is 93.7 Å². The Morgan fingerprint density at radius 1 is 1.00 bits per heavy atom. The summed E-state index contributed by atoms with van der Waals surface area (Å²) in [6.45, 7) is -0.535. The summed E-state index contributed by atoms with van der Waals surface area (Å²) < 4.78 is 9.83. The Morgan fingerprint density at radius 3 is 2.30 bits per heavy atom. The fraction of sp³-hybridized carbons (Fsp3) is 0.105. The Hall–Kier alpha value is -3.32. The number of esters is 1. The van der Waals surface area contributed by atoms with E-state index in [1.165, 1.54) is 18.2 Å². The van der Waals surface area contributed by atoms with Crippen LogP contribution in [-0.2, 0) is 14.3 Å². The van der Waals surface area contributed by atoms with Gasteiger partial charge in [-0.1, -0.05) is 23.7 Å². The van der Waals surface area contributed by atoms with E-state index in [0.29, 0.717) is 16.3 Å². The van der Waals surface area contributed by atoms with E-state index in [9.17, 15) is 14.4 Å². The summed E-state index contributed by atoms with van der Waals surface area (Å²) in [6.07, 6.45) is 2.74. The van der Waals surface area contributed by atoms with Gasteiger partial charge in [-0.15, -0.1) is 0 Å². The first-order valence-electron chi connectivity index (χ1n) is 7.81. The van der Waals surface area contributed by atoms with Crippen molar-refractivity contribution in [1.29, 1.82) is 0 Å². The minimum absolute atomic E-state index is 0.319. The van der Waals surface area contributed by atoms with E-state index in [1.807, 2.05) is 0 Å². The average molecular weight is 389 g/mol. The lowest BCUT2D eigenvalue weighted by Gasteiger charge is -2.07. The predicted molar refractivity (Wildman–Crippen MR) is 100 cm³/mol. The summed E-state index contributed by atoms with van der Waals surface area (Å²) >= 11 is 5.73. The van der Waals surface area contributed by atoms with Crippen LogP contribution in [0, 0.1) is 0 Å². The van der Waals surface area contributed by atoms with Crippen molar-refractivity contribution in [1.82, 2.24) is 10.9 Å². The number of halogens is 1. The van der Waals surface area contributed by atoms with Gasteiger partial charge in [0.25, 0.3) is 11.8 Å². The summed E-state index contributed by atoms with van der Waals surface area (Å²) in [5.74, 6) is -1.19. The molecule has 0 aromatic heterocycles. The Balaban J connectivity index is 1.72. The van der Waals surface area contributed by atoms with Gasteiger partial charge in [0.2, 0.25) is 0 Å². The number of hydrogen-bond donors (Lipinski definition) is 2. The van der Waals surface area contributed by atoms with E-state index >= 15 is 0 Å². The summed E-state index contributed by atoms with van der Waals surface area (Å²) in [5, 5.41) is 0.491. The lowest BCUT2D eigenvalue weighted by molar-refractivity contribution is -0.144. The highest BCUT2D eigenvalue weighted by molar-refractivity contribution is 6.30. The molecular formula is C19H17ClN2O5. The van der Waals surface area contributed by atoms with Crippen LogP contribution in [-0.4, -0.2) is 31.5 Å². The lowest BCUT2D eigenvalue weighted by Crippen LogP contribution is -2.43. The monoisotopic (exact) mass is 388 g/mol. The maximum absolute atomic E-state index is 11.8. The number of hydrogen-bond acceptors (Lipinski definition) is 5. The Bertz CT molecular complexity index is 832. The van der Waals surface area contributed by atoms with Gasteiger partial charge in [0, 0.05) is 16.7 Å². The van der Waals surface area contributed by atoms with Gasteiger partial charge in [-0.3, -0.25) is 20.4 Å². The number of methoxy groups -OCH3 is 1. The summed E-state index contributed by atoms with van der Waals surface area (Å²) in [4.78, 5) is 35.0. The van der Waals surface area contributed by atoms with Crippen molar-refractivity contribution in [3.8, 4) is 5.75 Å². The molecule has 0 unspecified atom stereocenters. The van der Waals surface area contributed by atoms with Crippen LogP contribution in [0.15, 0.2) is 54.6 Å². The number of benzene rings is 2. The highest BCUT2D eigenvalue weighted by Gasteiger charge is 2.08. The maximum atomic E-state index is 11.8. The van der Waals surface area contributed by atoms with Gasteiger partial charge >= 0.3 is 5.97 Å². The zero-order valence-electron chi connectivity index (χ0n) is 14.4. The molecule has 0 saturated heterocycles. The molecular weight excluding hydrogens is 372 g/mol. The molecule has 0 atom stereocenters. The van der Waals surface area contributed by atoms with E-state index in [0.717, 1.165) is 5.56 Å². The van der Waals surface area contributed by atoms with Gasteiger partial charge in [0.05, 0.1) is 7.11 Å². The minimum atomic E-state index is -0.690. The largest absolute Gasteiger partial charge is 0.497 e. The second-order valence-corrected chi connectivity index (χ2v) is 5.66. The molecule has 8 heteroatoms. The zero-order chi connectivity index (χ0) is 19.6. The molecule has 2 aromatic carbocycles. The van der Waals surface area contributed by atoms with Crippen LogP contribution >= 0.6 is 11.6 Å². The van der Waals surface area contributed by atoms with E-state index in [4.69, 9.17) is 21.1 Å². The number of nitrogens with one attached hydrogen (secondary N) is 2. The van der Waals surface area contributed by atoms with Crippen molar-refractivity contribution < 1.29 is 23.9 Å². The SMILES string of the molecule is COc1ccc(/C=C/C(=O)OCC(=O)NNC(=O)c2ccc(Cl)cc2)cc1. The Labute approximate surface area is 160 Å². The van der Waals surface area contributed by atoms with Crippen molar-refractivity contribution in [3.63, 3.8) is 0 Å². The molecule has 0 spiro atoms. The molecule has 0 aliphatic heterocycles. The average Bonchev–Trinajstić information content (AvgIpc) is 2.69. The Morgan fingerprint density at radius 2 is 1.67 bits per heavy atom. The summed E-state index contributed by atoms with van der Waals surface area (Å²) in [6, 6.07) is 13.2. The molecule has 0 heterocycles. The van der Waals surface area contributed by atoms with Crippen LogP contribution < -0.4 is 15.6 Å². The van der Waals surface area contributed by atoms with Crippen LogP contribution in [0.25, 0.3) is 6.08 Å². The van der Waals surface area contributed by atoms with Crippen molar-refractivity contribution in [3.05, 3.63) is 70.8 Å². The molecule has 7 nitrogen and oxygen atoms in total. The number of amides is 2. The fourth-order valence-electron chi connectivity index (χ4n) is 1.90. The number of rotatable bonds is 6. The van der Waals surface area contributed by atoms with E-state index < -0.39 is 24.4 Å². The van der Waals surface area contributed by atoms with Crippen LogP contribution in [0.3, 0.4) is 0 Å². The first-order valence-corrected chi connectivity index (χ1v) is 8.19. The maximum Gasteiger partial charge on any atom is 0.331 e. The summed E-state index contributed by atoms with van der Waals surface area (Å²) in [7, 11) is 1.56. The van der Waals surface area contributed by atoms with Crippen LogP contribution in [0.5, 0.6) is 5.75 Å². The molecule has 0 radical (unpaired) electrons. The highest BCUT2D eigenvalue weighted by atomic mass is 35.5. The second kappa shape index (κ2) is 9.98. The van der Waals surface area contributed by atoms with Gasteiger partial charge in [0.15, 0.2) is 6.61 Å². The molecule has 140 valence electrons. The van der Waals surface area contributed by atoms with Gasteiger partial charge in [-0.25, -0.2) is 4.79 Å². The van der Waals surface area contributed by atoms with Gasteiger partial charge in [0.1, 0.15) is 5.75 Å². The third kappa shape index (κ3) is 6.83. The number of hydrazine groups is 1. The smallest absolute Gasteiger partial charge is 0.331 e. The van der Waals surface area contributed by atoms with Crippen molar-refractivity contribution >= 4 is 35.5 Å². The molecule has 2 N–H and O–H groups in total. The first kappa shape index (κ1) is 20.0. The van der Waals surface area contributed by atoms with E-state index in [1.54, 1.807) is 49.6 Å². The number of ether oxygens (including phenoxy) is 2. The third-order valence-electron chi connectivity index (χ3n) is 3.30. The molecule has 0 bridgehead atoms. The zero-order valence-corrected chi connectivity index (χ0v) is 15.2. The minimum Gasteiger partial charge on any atom is -0.497 e. The molecule has 2 rings (SSSR count). The van der Waals surface area contributed by atoms with Gasteiger partial charge < -0.3 is 9.47 Å². The van der Waals surface area contributed by atoms with E-state index in [-0.39, 0.29) is 0 Å². The number of carbonyl (C=O) groups excluding carboxylic acids is 3. The first-order chi connectivity index (χ1) is 13.0. The molecule has 27 heavy (non-hydrogen) atoms. The fourth-order valence-corrected chi connectivity index (χ4v) is 2.03.